The second-order valence-electron chi connectivity index (χ2n) is 7.29. The van der Waals surface area contributed by atoms with Crippen molar-refractivity contribution in [2.75, 3.05) is 10.6 Å². The minimum atomic E-state index is -0.421. The molecular formula is C21H27N7O2S2. The summed E-state index contributed by atoms with van der Waals surface area (Å²) in [6.45, 7) is 10.3. The van der Waals surface area contributed by atoms with Crippen molar-refractivity contribution in [2.45, 2.75) is 64.4 Å². The van der Waals surface area contributed by atoms with Gasteiger partial charge in [0.25, 0.3) is 0 Å². The maximum absolute atomic E-state index is 12.6. The van der Waals surface area contributed by atoms with Gasteiger partial charge in [0.1, 0.15) is 10.8 Å². The van der Waals surface area contributed by atoms with Crippen LogP contribution in [0.3, 0.4) is 0 Å². The summed E-state index contributed by atoms with van der Waals surface area (Å²) in [7, 11) is 0. The number of thioether (sulfide) groups is 1. The van der Waals surface area contributed by atoms with Crippen LogP contribution in [-0.2, 0) is 29.0 Å². The Bertz CT molecular complexity index is 1110. The van der Waals surface area contributed by atoms with Crippen LogP contribution in [0.5, 0.6) is 0 Å². The maximum atomic E-state index is 12.6. The van der Waals surface area contributed by atoms with Crippen LogP contribution in [-0.4, -0.2) is 42.0 Å². The molecule has 11 heteroatoms. The minimum Gasteiger partial charge on any atom is -0.325 e. The number of nitrogens with zero attached hydrogens (tertiary/aromatic N) is 5. The number of nitrogens with one attached hydrogen (secondary N) is 2. The number of hydrogen-bond donors (Lipinski definition) is 2. The summed E-state index contributed by atoms with van der Waals surface area (Å²) in [5, 5.41) is 23.7. The fourth-order valence-electron chi connectivity index (χ4n) is 3.01. The van der Waals surface area contributed by atoms with Gasteiger partial charge in [-0.2, -0.15) is 0 Å². The molecule has 0 fully saturated rings. The van der Waals surface area contributed by atoms with Gasteiger partial charge < -0.3 is 9.88 Å². The van der Waals surface area contributed by atoms with E-state index < -0.39 is 5.25 Å². The van der Waals surface area contributed by atoms with E-state index >= 15 is 0 Å². The van der Waals surface area contributed by atoms with Crippen molar-refractivity contribution >= 4 is 45.7 Å². The lowest BCUT2D eigenvalue weighted by molar-refractivity contribution is -0.116. The van der Waals surface area contributed by atoms with Gasteiger partial charge >= 0.3 is 0 Å². The Balaban J connectivity index is 1.63. The monoisotopic (exact) mass is 473 g/mol. The predicted molar refractivity (Wildman–Crippen MR) is 127 cm³/mol. The lowest BCUT2D eigenvalue weighted by atomic mass is 10.1. The molecule has 0 aliphatic heterocycles. The van der Waals surface area contributed by atoms with E-state index in [0.29, 0.717) is 22.7 Å². The molecule has 2 aromatic heterocycles. The molecule has 3 aromatic rings. The molecule has 2 amide bonds. The molecule has 0 aliphatic carbocycles. The Kier molecular flexibility index (Phi) is 7.97. The van der Waals surface area contributed by atoms with Crippen molar-refractivity contribution in [3.8, 4) is 0 Å². The third kappa shape index (κ3) is 5.92. The van der Waals surface area contributed by atoms with Gasteiger partial charge in [0, 0.05) is 12.2 Å². The molecule has 1 atom stereocenters. The second kappa shape index (κ2) is 10.7. The summed E-state index contributed by atoms with van der Waals surface area (Å²) < 4.78 is 1.86. The Labute approximate surface area is 195 Å². The average Bonchev–Trinajstić information content (AvgIpc) is 3.36. The molecule has 170 valence electrons. The van der Waals surface area contributed by atoms with E-state index in [4.69, 9.17) is 0 Å². The molecule has 0 spiro atoms. The van der Waals surface area contributed by atoms with E-state index in [2.05, 4.69) is 31.0 Å². The van der Waals surface area contributed by atoms with Crippen LogP contribution < -0.4 is 10.6 Å². The van der Waals surface area contributed by atoms with Gasteiger partial charge in [0.05, 0.1) is 11.7 Å². The fourth-order valence-corrected chi connectivity index (χ4v) is 4.63. The van der Waals surface area contributed by atoms with Crippen LogP contribution in [0, 0.1) is 13.8 Å². The molecule has 2 heterocycles. The highest BCUT2D eigenvalue weighted by molar-refractivity contribution is 8.00. The molecule has 3 rings (SSSR count). The molecule has 0 aliphatic rings. The molecule has 32 heavy (non-hydrogen) atoms. The summed E-state index contributed by atoms with van der Waals surface area (Å²) in [4.78, 5) is 25.1. The number of benzene rings is 1. The van der Waals surface area contributed by atoms with E-state index in [1.165, 1.54) is 23.1 Å². The van der Waals surface area contributed by atoms with Crippen molar-refractivity contribution in [3.63, 3.8) is 0 Å². The molecular weight excluding hydrogens is 446 g/mol. The number of amides is 2. The highest BCUT2D eigenvalue weighted by Crippen LogP contribution is 2.25. The number of carbonyl (C=O) groups is 2. The van der Waals surface area contributed by atoms with Crippen molar-refractivity contribution in [1.29, 1.82) is 0 Å². The number of carbonyl (C=O) groups excluding carboxylic acids is 2. The molecule has 2 N–H and O–H groups in total. The van der Waals surface area contributed by atoms with E-state index in [-0.39, 0.29) is 18.2 Å². The Morgan fingerprint density at radius 2 is 1.91 bits per heavy atom. The molecule has 0 radical (unpaired) electrons. The zero-order chi connectivity index (χ0) is 23.3. The summed E-state index contributed by atoms with van der Waals surface area (Å²) in [5.41, 5.74) is 2.93. The highest BCUT2D eigenvalue weighted by Gasteiger charge is 2.22. The summed E-state index contributed by atoms with van der Waals surface area (Å²) in [5.74, 6) is 0.208. The topological polar surface area (TPSA) is 115 Å². The number of anilines is 2. The lowest BCUT2D eigenvalue weighted by Crippen LogP contribution is -2.23. The number of aromatic nitrogens is 5. The fraction of sp³-hybridized carbons (Fsp3) is 0.429. The first-order valence-corrected chi connectivity index (χ1v) is 12.1. The summed E-state index contributed by atoms with van der Waals surface area (Å²) in [6, 6.07) is 5.88. The summed E-state index contributed by atoms with van der Waals surface area (Å²) >= 11 is 2.66. The number of hydrogen-bond acceptors (Lipinski definition) is 8. The van der Waals surface area contributed by atoms with Gasteiger partial charge in [-0.1, -0.05) is 47.7 Å². The number of rotatable bonds is 9. The van der Waals surface area contributed by atoms with E-state index in [1.54, 1.807) is 6.92 Å². The van der Waals surface area contributed by atoms with Crippen molar-refractivity contribution in [2.24, 2.45) is 0 Å². The van der Waals surface area contributed by atoms with Gasteiger partial charge in [0.2, 0.25) is 16.9 Å². The molecule has 1 unspecified atom stereocenters. The first-order valence-electron chi connectivity index (χ1n) is 10.4. The van der Waals surface area contributed by atoms with Crippen LogP contribution in [0.4, 0.5) is 10.8 Å². The van der Waals surface area contributed by atoms with E-state index in [1.807, 2.05) is 50.5 Å². The molecule has 1 aromatic carbocycles. The SMILES string of the molecule is CCc1nnc(NC(=O)C(C)Sc2nnc(CC(=O)Nc3ccc(C)cc3C)n2CC)s1. The van der Waals surface area contributed by atoms with Crippen molar-refractivity contribution < 1.29 is 9.59 Å². The zero-order valence-electron chi connectivity index (χ0n) is 18.8. The van der Waals surface area contributed by atoms with Crippen molar-refractivity contribution in [1.82, 2.24) is 25.0 Å². The lowest BCUT2D eigenvalue weighted by Gasteiger charge is -2.12. The van der Waals surface area contributed by atoms with Gasteiger partial charge in [0.15, 0.2) is 5.16 Å². The van der Waals surface area contributed by atoms with Gasteiger partial charge in [-0.25, -0.2) is 0 Å². The van der Waals surface area contributed by atoms with Crippen LogP contribution in [0.15, 0.2) is 23.4 Å². The third-order valence-electron chi connectivity index (χ3n) is 4.74. The standard InChI is InChI=1S/C21H27N7O2S2/c1-6-18-25-26-20(32-18)23-19(30)14(5)31-21-27-24-16(28(21)7-2)11-17(29)22-15-9-8-12(3)10-13(15)4/h8-10,14H,6-7,11H2,1-5H3,(H,22,29)(H,23,26,30). The molecule has 0 saturated heterocycles. The first kappa shape index (κ1) is 23.9. The van der Waals surface area contributed by atoms with E-state index in [0.717, 1.165) is 28.2 Å². The highest BCUT2D eigenvalue weighted by atomic mass is 32.2. The smallest absolute Gasteiger partial charge is 0.239 e. The number of aryl methyl sites for hydroxylation is 3. The van der Waals surface area contributed by atoms with Gasteiger partial charge in [-0.15, -0.1) is 20.4 Å². The van der Waals surface area contributed by atoms with Crippen LogP contribution in [0.25, 0.3) is 0 Å². The quantitative estimate of drug-likeness (QED) is 0.456. The maximum Gasteiger partial charge on any atom is 0.239 e. The summed E-state index contributed by atoms with van der Waals surface area (Å²) in [6.07, 6.45) is 0.872. The minimum absolute atomic E-state index is 0.0971. The van der Waals surface area contributed by atoms with Crippen molar-refractivity contribution in [3.05, 3.63) is 40.2 Å². The Morgan fingerprint density at radius 3 is 2.56 bits per heavy atom. The predicted octanol–water partition coefficient (Wildman–Crippen LogP) is 3.63. The molecule has 9 nitrogen and oxygen atoms in total. The zero-order valence-corrected chi connectivity index (χ0v) is 20.4. The third-order valence-corrected chi connectivity index (χ3v) is 6.80. The first-order chi connectivity index (χ1) is 15.3. The second-order valence-corrected chi connectivity index (χ2v) is 9.66. The normalized spacial score (nSPS) is 11.9. The molecule has 0 bridgehead atoms. The van der Waals surface area contributed by atoms with Crippen LogP contribution >= 0.6 is 23.1 Å². The largest absolute Gasteiger partial charge is 0.325 e. The average molecular weight is 474 g/mol. The van der Waals surface area contributed by atoms with Gasteiger partial charge in [-0.05, 0) is 45.7 Å². The van der Waals surface area contributed by atoms with Crippen LogP contribution in [0.1, 0.15) is 42.7 Å². The van der Waals surface area contributed by atoms with E-state index in [9.17, 15) is 9.59 Å². The molecule has 0 saturated carbocycles. The Morgan fingerprint density at radius 1 is 1.12 bits per heavy atom. The Hall–Kier alpha value is -2.79. The van der Waals surface area contributed by atoms with Gasteiger partial charge in [-0.3, -0.25) is 14.9 Å². The van der Waals surface area contributed by atoms with Crippen LogP contribution in [0.2, 0.25) is 0 Å².